The summed E-state index contributed by atoms with van der Waals surface area (Å²) in [5, 5.41) is 26.0. The van der Waals surface area contributed by atoms with E-state index in [0.29, 0.717) is 32.9 Å². The van der Waals surface area contributed by atoms with Gasteiger partial charge in [-0.15, -0.1) is 0 Å². The molecule has 0 fully saturated rings. The summed E-state index contributed by atoms with van der Waals surface area (Å²) in [5.41, 5.74) is 0.267. The van der Waals surface area contributed by atoms with E-state index in [1.165, 1.54) is 36.4 Å². The van der Waals surface area contributed by atoms with E-state index in [9.17, 15) is 32.1 Å². The molecule has 5 aromatic carbocycles. The van der Waals surface area contributed by atoms with Crippen molar-refractivity contribution in [3.63, 3.8) is 0 Å². The van der Waals surface area contributed by atoms with Gasteiger partial charge >= 0.3 is 41.5 Å². The largest absolute Gasteiger partial charge is 1.00 e. The van der Waals surface area contributed by atoms with E-state index in [1.54, 1.807) is 36.4 Å². The predicted molar refractivity (Wildman–Crippen MR) is 152 cm³/mol. The molecule has 0 spiro atoms. The molecule has 0 saturated heterocycles. The number of carboxylic acid groups (broad SMARTS) is 2. The van der Waals surface area contributed by atoms with Crippen LogP contribution in [0.1, 0.15) is 41.4 Å². The number of hydrogen-bond donors (Lipinski definition) is 4. The van der Waals surface area contributed by atoms with Gasteiger partial charge in [0.25, 0.3) is 11.8 Å². The summed E-state index contributed by atoms with van der Waals surface area (Å²) < 4.78 is 35.5. The number of benzene rings is 5. The average Bonchev–Trinajstić information content (AvgIpc) is 2.95. The van der Waals surface area contributed by atoms with Crippen LogP contribution in [0.25, 0.3) is 21.5 Å². The number of carboxylic acids is 2. The van der Waals surface area contributed by atoms with E-state index in [-0.39, 0.29) is 51.8 Å². The van der Waals surface area contributed by atoms with Crippen molar-refractivity contribution in [3.05, 3.63) is 113 Å². The van der Waals surface area contributed by atoms with Crippen molar-refractivity contribution in [2.45, 2.75) is 4.90 Å². The van der Waals surface area contributed by atoms with E-state index < -0.39 is 38.8 Å². The molecule has 43 heavy (non-hydrogen) atoms. The van der Waals surface area contributed by atoms with E-state index in [4.69, 9.17) is 10.2 Å². The normalized spacial score (nSPS) is 11.0. The van der Waals surface area contributed by atoms with Crippen LogP contribution in [-0.2, 0) is 10.1 Å². The molecule has 0 saturated carbocycles. The number of amides is 2. The second kappa shape index (κ2) is 12.3. The van der Waals surface area contributed by atoms with Crippen LogP contribution in [0.4, 0.5) is 11.4 Å². The maximum Gasteiger partial charge on any atom is 1.00 e. The molecular formula is C30H19N2NaO9S. The van der Waals surface area contributed by atoms with E-state index in [2.05, 4.69) is 10.6 Å². The molecule has 0 unspecified atom stereocenters. The van der Waals surface area contributed by atoms with Crippen molar-refractivity contribution in [2.24, 2.45) is 0 Å². The molecule has 5 rings (SSSR count). The third-order valence-corrected chi connectivity index (χ3v) is 7.22. The Morgan fingerprint density at radius 1 is 0.535 bits per heavy atom. The first-order valence-electron chi connectivity index (χ1n) is 12.2. The molecule has 0 aliphatic rings. The topological polar surface area (TPSA) is 190 Å². The molecule has 0 aliphatic carbocycles. The summed E-state index contributed by atoms with van der Waals surface area (Å²) in [4.78, 5) is 47.8. The second-order valence-corrected chi connectivity index (χ2v) is 10.7. The van der Waals surface area contributed by atoms with E-state index in [0.717, 1.165) is 18.2 Å². The molecular weight excluding hydrogens is 587 g/mol. The summed E-state index contributed by atoms with van der Waals surface area (Å²) in [7, 11) is -5.05. The molecule has 13 heteroatoms. The van der Waals surface area contributed by atoms with Gasteiger partial charge in [-0.1, -0.05) is 24.3 Å². The molecule has 0 bridgehead atoms. The Morgan fingerprint density at radius 3 is 1.28 bits per heavy atom. The van der Waals surface area contributed by atoms with Crippen LogP contribution in [-0.4, -0.2) is 46.9 Å². The number of nitrogens with one attached hydrogen (secondary N) is 2. The minimum Gasteiger partial charge on any atom is -0.744 e. The van der Waals surface area contributed by atoms with Gasteiger partial charge in [0, 0.05) is 22.5 Å². The maximum absolute atomic E-state index is 13.1. The van der Waals surface area contributed by atoms with Gasteiger partial charge in [0.2, 0.25) is 0 Å². The third-order valence-electron chi connectivity index (χ3n) is 6.41. The Bertz CT molecular complexity index is 1950. The van der Waals surface area contributed by atoms with Gasteiger partial charge in [-0.25, -0.2) is 18.0 Å². The van der Waals surface area contributed by atoms with Crippen LogP contribution < -0.4 is 40.2 Å². The Kier molecular flexibility index (Phi) is 8.99. The number of rotatable bonds is 7. The van der Waals surface area contributed by atoms with Gasteiger partial charge in [-0.2, -0.15) is 0 Å². The number of fused-ring (bicyclic) bond motifs is 2. The molecule has 0 radical (unpaired) electrons. The first-order chi connectivity index (χ1) is 19.9. The summed E-state index contributed by atoms with van der Waals surface area (Å²) >= 11 is 0. The molecule has 0 aliphatic heterocycles. The van der Waals surface area contributed by atoms with Crippen molar-refractivity contribution in [1.82, 2.24) is 0 Å². The second-order valence-electron chi connectivity index (χ2n) is 9.27. The minimum atomic E-state index is -5.05. The van der Waals surface area contributed by atoms with Crippen molar-refractivity contribution in [3.8, 4) is 0 Å². The Morgan fingerprint density at radius 2 is 0.907 bits per heavy atom. The molecule has 11 nitrogen and oxygen atoms in total. The quantitative estimate of drug-likeness (QED) is 0.158. The fraction of sp³-hybridized carbons (Fsp3) is 0. The molecule has 0 aromatic heterocycles. The van der Waals surface area contributed by atoms with Crippen LogP contribution in [0.15, 0.2) is 95.9 Å². The van der Waals surface area contributed by atoms with Crippen LogP contribution in [0.5, 0.6) is 0 Å². The fourth-order valence-corrected chi connectivity index (χ4v) is 4.87. The number of carbonyl (C=O) groups is 4. The standard InChI is InChI=1S/C30H20N2O9S.Na/c33-27(31-24-7-5-16-9-20(29(35)36)3-1-18(16)12-24)22-11-23(15-26(14-22)42(39,40)41)28(34)32-25-8-6-17-10-21(30(37)38)4-2-19(17)13-25;/h1-15H,(H,31,33)(H,32,34)(H,35,36)(H,37,38)(H,39,40,41);/q;+1/p-1. The summed E-state index contributed by atoms with van der Waals surface area (Å²) in [6.45, 7) is 0. The molecule has 4 N–H and O–H groups in total. The SMILES string of the molecule is O=C(O)c1ccc2cc(NC(=O)c3cc(C(=O)Nc4ccc5cc(C(=O)O)ccc5c4)cc(S(=O)(=O)[O-])c3)ccc2c1.[Na+]. The van der Waals surface area contributed by atoms with Gasteiger partial charge in [0.15, 0.2) is 0 Å². The first kappa shape index (κ1) is 31.3. The molecule has 2 amide bonds. The zero-order valence-corrected chi connectivity index (χ0v) is 25.1. The average molecular weight is 607 g/mol. The zero-order valence-electron chi connectivity index (χ0n) is 22.3. The van der Waals surface area contributed by atoms with E-state index in [1.807, 2.05) is 0 Å². The summed E-state index contributed by atoms with van der Waals surface area (Å²) in [6, 6.07) is 21.2. The van der Waals surface area contributed by atoms with Crippen molar-refractivity contribution < 1.29 is 71.9 Å². The van der Waals surface area contributed by atoms with E-state index >= 15 is 0 Å². The molecule has 5 aromatic rings. The number of aromatic carboxylic acids is 2. The first-order valence-corrected chi connectivity index (χ1v) is 13.6. The van der Waals surface area contributed by atoms with Crippen molar-refractivity contribution in [1.29, 1.82) is 0 Å². The fourth-order valence-electron chi connectivity index (χ4n) is 4.33. The van der Waals surface area contributed by atoms with Gasteiger partial charge in [-0.05, 0) is 88.3 Å². The molecule has 210 valence electrons. The van der Waals surface area contributed by atoms with Crippen LogP contribution in [0.2, 0.25) is 0 Å². The van der Waals surface area contributed by atoms with Crippen LogP contribution in [0.3, 0.4) is 0 Å². The van der Waals surface area contributed by atoms with Gasteiger partial charge in [0.05, 0.1) is 16.0 Å². The van der Waals surface area contributed by atoms with Gasteiger partial charge in [0.1, 0.15) is 10.1 Å². The van der Waals surface area contributed by atoms with Crippen molar-refractivity contribution in [2.75, 3.05) is 10.6 Å². The summed E-state index contributed by atoms with van der Waals surface area (Å²) in [5.74, 6) is -3.76. The monoisotopic (exact) mass is 606 g/mol. The van der Waals surface area contributed by atoms with Crippen LogP contribution in [0, 0.1) is 0 Å². The Balaban J connectivity index is 0.00000423. The summed E-state index contributed by atoms with van der Waals surface area (Å²) in [6.07, 6.45) is 0. The molecule has 0 atom stereocenters. The van der Waals surface area contributed by atoms with Gasteiger partial charge in [-0.3, -0.25) is 9.59 Å². The Labute approximate surface area is 266 Å². The van der Waals surface area contributed by atoms with Gasteiger partial charge < -0.3 is 25.4 Å². The molecule has 0 heterocycles. The predicted octanol–water partition coefficient (Wildman–Crippen LogP) is 1.80. The minimum absolute atomic E-state index is 0. The zero-order chi connectivity index (χ0) is 30.2. The van der Waals surface area contributed by atoms with Crippen LogP contribution >= 0.6 is 0 Å². The third kappa shape index (κ3) is 7.08. The maximum atomic E-state index is 13.1. The Hall–Kier alpha value is -4.59. The smallest absolute Gasteiger partial charge is 0.744 e. The number of anilines is 2. The number of carbonyl (C=O) groups excluding carboxylic acids is 2. The van der Waals surface area contributed by atoms with Crippen molar-refractivity contribution >= 4 is 66.8 Å². The number of hydrogen-bond acceptors (Lipinski definition) is 7.